The molecule has 6 nitrogen and oxygen atoms in total. The molecule has 0 unspecified atom stereocenters. The van der Waals surface area contributed by atoms with E-state index < -0.39 is 10.0 Å². The molecule has 1 amide bonds. The average Bonchev–Trinajstić information content (AvgIpc) is 2.42. The van der Waals surface area contributed by atoms with Crippen molar-refractivity contribution < 1.29 is 13.2 Å². The lowest BCUT2D eigenvalue weighted by atomic mass is 10.2. The maximum Gasteiger partial charge on any atom is 0.243 e. The zero-order valence-corrected chi connectivity index (χ0v) is 12.1. The van der Waals surface area contributed by atoms with Crippen molar-refractivity contribution in [3.05, 3.63) is 29.3 Å². The summed E-state index contributed by atoms with van der Waals surface area (Å²) in [6.45, 7) is 2.15. The maximum absolute atomic E-state index is 12.6. The molecule has 1 saturated heterocycles. The van der Waals surface area contributed by atoms with Crippen LogP contribution in [0.5, 0.6) is 0 Å². The van der Waals surface area contributed by atoms with E-state index in [1.54, 1.807) is 26.1 Å². The van der Waals surface area contributed by atoms with Gasteiger partial charge in [0, 0.05) is 20.1 Å². The maximum atomic E-state index is 12.6. The Morgan fingerprint density at radius 2 is 2.00 bits per heavy atom. The van der Waals surface area contributed by atoms with Gasteiger partial charge in [0.1, 0.15) is 0 Å². The van der Waals surface area contributed by atoms with Crippen molar-refractivity contribution in [1.82, 2.24) is 9.21 Å². The molecule has 0 aromatic heterocycles. The second kappa shape index (κ2) is 5.23. The minimum atomic E-state index is -3.75. The van der Waals surface area contributed by atoms with E-state index in [-0.39, 0.29) is 29.5 Å². The fraction of sp³-hybridized carbons (Fsp3) is 0.385. The number of piperazine rings is 1. The molecule has 0 atom stereocenters. The minimum Gasteiger partial charge on any atom is -0.343 e. The van der Waals surface area contributed by atoms with Crippen molar-refractivity contribution in [2.45, 2.75) is 11.8 Å². The molecule has 1 aromatic carbocycles. The highest BCUT2D eigenvalue weighted by Crippen LogP contribution is 2.22. The summed E-state index contributed by atoms with van der Waals surface area (Å²) in [5.41, 5.74) is 0.852. The van der Waals surface area contributed by atoms with Gasteiger partial charge in [0.25, 0.3) is 0 Å². The van der Waals surface area contributed by atoms with Gasteiger partial charge in [0.2, 0.25) is 15.9 Å². The van der Waals surface area contributed by atoms with Crippen LogP contribution in [0.25, 0.3) is 0 Å². The van der Waals surface area contributed by atoms with Crippen LogP contribution < -0.4 is 0 Å². The van der Waals surface area contributed by atoms with Crippen LogP contribution in [0.3, 0.4) is 0 Å². The van der Waals surface area contributed by atoms with E-state index in [1.807, 2.05) is 6.07 Å². The largest absolute Gasteiger partial charge is 0.343 e. The molecule has 7 heteroatoms. The Labute approximate surface area is 118 Å². The summed E-state index contributed by atoms with van der Waals surface area (Å²) in [5, 5.41) is 8.89. The second-order valence-electron chi connectivity index (χ2n) is 4.75. The molecular formula is C13H15N3O3S. The number of nitrogens with zero attached hydrogens (tertiary/aromatic N) is 3. The number of hydrogen-bond donors (Lipinski definition) is 0. The van der Waals surface area contributed by atoms with Gasteiger partial charge in [-0.15, -0.1) is 0 Å². The lowest BCUT2D eigenvalue weighted by Crippen LogP contribution is -2.50. The summed E-state index contributed by atoms with van der Waals surface area (Å²) in [5.74, 6) is -0.228. The van der Waals surface area contributed by atoms with Crippen LogP contribution in [0.1, 0.15) is 11.1 Å². The van der Waals surface area contributed by atoms with Gasteiger partial charge in [0.15, 0.2) is 0 Å². The Hall–Kier alpha value is -1.91. The van der Waals surface area contributed by atoms with Crippen LogP contribution >= 0.6 is 0 Å². The molecule has 0 aliphatic carbocycles. The zero-order valence-electron chi connectivity index (χ0n) is 11.3. The molecule has 20 heavy (non-hydrogen) atoms. The van der Waals surface area contributed by atoms with E-state index in [0.29, 0.717) is 12.1 Å². The summed E-state index contributed by atoms with van der Waals surface area (Å²) >= 11 is 0. The quantitative estimate of drug-likeness (QED) is 0.787. The molecule has 0 N–H and O–H groups in total. The van der Waals surface area contributed by atoms with E-state index in [2.05, 4.69) is 0 Å². The molecule has 1 fully saturated rings. The van der Waals surface area contributed by atoms with Gasteiger partial charge >= 0.3 is 0 Å². The van der Waals surface area contributed by atoms with Gasteiger partial charge in [-0.1, -0.05) is 6.07 Å². The molecule has 106 valence electrons. The smallest absolute Gasteiger partial charge is 0.243 e. The number of likely N-dealkylation sites (N-methyl/N-ethyl adjacent to an activating group) is 1. The van der Waals surface area contributed by atoms with Crippen molar-refractivity contribution >= 4 is 15.9 Å². The van der Waals surface area contributed by atoms with E-state index in [0.717, 1.165) is 0 Å². The Bertz CT molecular complexity index is 691. The third kappa shape index (κ3) is 2.53. The van der Waals surface area contributed by atoms with Crippen LogP contribution in [0.15, 0.2) is 23.1 Å². The highest BCUT2D eigenvalue weighted by molar-refractivity contribution is 7.89. The molecule has 0 saturated carbocycles. The minimum absolute atomic E-state index is 0.0916. The lowest BCUT2D eigenvalue weighted by Gasteiger charge is -2.31. The zero-order chi connectivity index (χ0) is 14.9. The van der Waals surface area contributed by atoms with Crippen LogP contribution in [-0.4, -0.2) is 50.2 Å². The molecule has 1 aromatic rings. The fourth-order valence-electron chi connectivity index (χ4n) is 2.03. The third-order valence-electron chi connectivity index (χ3n) is 3.36. The molecule has 1 aliphatic rings. The van der Waals surface area contributed by atoms with Crippen molar-refractivity contribution in [3.63, 3.8) is 0 Å². The number of benzene rings is 1. The van der Waals surface area contributed by atoms with E-state index in [9.17, 15) is 13.2 Å². The average molecular weight is 293 g/mol. The van der Waals surface area contributed by atoms with Crippen molar-refractivity contribution in [2.24, 2.45) is 0 Å². The standard InChI is InChI=1S/C13H15N3O3S/c1-10-3-4-11(8-14)7-12(10)20(18,19)16-6-5-15(2)13(17)9-16/h3-4,7H,5-6,9H2,1-2H3. The first-order valence-electron chi connectivity index (χ1n) is 6.11. The van der Waals surface area contributed by atoms with E-state index in [1.165, 1.54) is 15.3 Å². The summed E-state index contributed by atoms with van der Waals surface area (Å²) < 4.78 is 26.3. The Morgan fingerprint density at radius 3 is 2.60 bits per heavy atom. The monoisotopic (exact) mass is 293 g/mol. The van der Waals surface area contributed by atoms with Crippen LogP contribution in [-0.2, 0) is 14.8 Å². The molecule has 2 rings (SSSR count). The van der Waals surface area contributed by atoms with Gasteiger partial charge in [-0.3, -0.25) is 4.79 Å². The van der Waals surface area contributed by atoms with Crippen LogP contribution in [0.4, 0.5) is 0 Å². The summed E-state index contributed by atoms with van der Waals surface area (Å²) in [4.78, 5) is 13.3. The SMILES string of the molecule is Cc1ccc(C#N)cc1S(=O)(=O)N1CCN(C)C(=O)C1. The van der Waals surface area contributed by atoms with E-state index >= 15 is 0 Å². The summed E-state index contributed by atoms with van der Waals surface area (Å²) in [7, 11) is -2.10. The first kappa shape index (κ1) is 14.5. The fourth-order valence-corrected chi connectivity index (χ4v) is 3.66. The molecule has 1 heterocycles. The highest BCUT2D eigenvalue weighted by Gasteiger charge is 2.32. The van der Waals surface area contributed by atoms with Crippen molar-refractivity contribution in [2.75, 3.05) is 26.7 Å². The predicted molar refractivity (Wildman–Crippen MR) is 72.3 cm³/mol. The number of hydrogen-bond acceptors (Lipinski definition) is 4. The van der Waals surface area contributed by atoms with Crippen LogP contribution in [0, 0.1) is 18.3 Å². The predicted octanol–water partition coefficient (Wildman–Crippen LogP) is 0.329. The number of carbonyl (C=O) groups is 1. The van der Waals surface area contributed by atoms with Gasteiger partial charge in [-0.25, -0.2) is 8.42 Å². The first-order valence-corrected chi connectivity index (χ1v) is 7.55. The van der Waals surface area contributed by atoms with Gasteiger partial charge in [-0.05, 0) is 24.6 Å². The molecule has 1 aliphatic heterocycles. The topological polar surface area (TPSA) is 81.5 Å². The number of sulfonamides is 1. The van der Waals surface area contributed by atoms with Gasteiger partial charge in [0.05, 0.1) is 23.1 Å². The highest BCUT2D eigenvalue weighted by atomic mass is 32.2. The molecule has 0 radical (unpaired) electrons. The molecule has 0 spiro atoms. The molecular weight excluding hydrogens is 278 g/mol. The van der Waals surface area contributed by atoms with Crippen LogP contribution in [0.2, 0.25) is 0 Å². The van der Waals surface area contributed by atoms with Gasteiger partial charge < -0.3 is 4.90 Å². The number of amides is 1. The number of aryl methyl sites for hydroxylation is 1. The number of rotatable bonds is 2. The first-order chi connectivity index (χ1) is 9.36. The third-order valence-corrected chi connectivity index (χ3v) is 5.34. The van der Waals surface area contributed by atoms with Gasteiger partial charge in [-0.2, -0.15) is 9.57 Å². The Balaban J connectivity index is 2.41. The van der Waals surface area contributed by atoms with E-state index in [4.69, 9.17) is 5.26 Å². The Morgan fingerprint density at radius 1 is 1.30 bits per heavy atom. The van der Waals surface area contributed by atoms with Crippen molar-refractivity contribution in [3.8, 4) is 6.07 Å². The number of nitriles is 1. The summed E-state index contributed by atoms with van der Waals surface area (Å²) in [6, 6.07) is 6.46. The molecule has 0 bridgehead atoms. The lowest BCUT2D eigenvalue weighted by molar-refractivity contribution is -0.132. The normalized spacial score (nSPS) is 17.1. The number of carbonyl (C=O) groups excluding carboxylic acids is 1. The second-order valence-corrected chi connectivity index (χ2v) is 6.65. The summed E-state index contributed by atoms with van der Waals surface area (Å²) in [6.07, 6.45) is 0. The Kier molecular flexibility index (Phi) is 3.79. The van der Waals surface area contributed by atoms with Crippen molar-refractivity contribution in [1.29, 1.82) is 5.26 Å².